The monoisotopic (exact) mass is 559 g/mol. The van der Waals surface area contributed by atoms with Gasteiger partial charge in [-0.05, 0) is 62.7 Å². The summed E-state index contributed by atoms with van der Waals surface area (Å²) in [6.07, 6.45) is 0.571. The molecule has 0 amide bonds. The minimum absolute atomic E-state index is 0.199. The standard InChI is InChI=1S/C30H26ClN3O6/c1-4-37-25-15-19(14-22(31)27(25)39-18(3)30(36)38-5-2)17-32-34-28(26-16-20-10-6-9-13-24(20)40-26)33-23-12-8-7-11-21(23)29(34)35/h6-18H,4-5H2,1-3H3/t18-/m1/s1. The molecule has 0 aliphatic rings. The topological polar surface area (TPSA) is 105 Å². The highest BCUT2D eigenvalue weighted by Crippen LogP contribution is 2.37. The van der Waals surface area contributed by atoms with E-state index in [1.165, 1.54) is 10.9 Å². The molecule has 10 heteroatoms. The van der Waals surface area contributed by atoms with Crippen LogP contribution in [0.3, 0.4) is 0 Å². The van der Waals surface area contributed by atoms with E-state index in [9.17, 15) is 9.59 Å². The van der Waals surface area contributed by atoms with Crippen LogP contribution >= 0.6 is 11.6 Å². The van der Waals surface area contributed by atoms with E-state index in [2.05, 4.69) is 5.10 Å². The number of rotatable bonds is 9. The molecule has 2 aromatic heterocycles. The normalized spacial score (nSPS) is 12.2. The maximum Gasteiger partial charge on any atom is 0.347 e. The zero-order valence-electron chi connectivity index (χ0n) is 22.1. The van der Waals surface area contributed by atoms with Gasteiger partial charge < -0.3 is 18.6 Å². The van der Waals surface area contributed by atoms with Crippen LogP contribution in [0.1, 0.15) is 26.3 Å². The van der Waals surface area contributed by atoms with Crippen molar-refractivity contribution in [3.8, 4) is 23.1 Å². The summed E-state index contributed by atoms with van der Waals surface area (Å²) in [5.41, 5.74) is 1.35. The first-order valence-electron chi connectivity index (χ1n) is 12.7. The number of carbonyl (C=O) groups excluding carboxylic acids is 1. The van der Waals surface area contributed by atoms with Crippen LogP contribution in [-0.4, -0.2) is 41.2 Å². The van der Waals surface area contributed by atoms with Crippen molar-refractivity contribution >= 4 is 45.7 Å². The first-order valence-corrected chi connectivity index (χ1v) is 13.1. The van der Waals surface area contributed by atoms with Crippen molar-refractivity contribution in [2.45, 2.75) is 26.9 Å². The molecular formula is C30H26ClN3O6. The molecule has 0 fully saturated rings. The number of benzene rings is 3. The fourth-order valence-corrected chi connectivity index (χ4v) is 4.39. The molecule has 0 aliphatic carbocycles. The van der Waals surface area contributed by atoms with Gasteiger partial charge in [-0.15, -0.1) is 0 Å². The van der Waals surface area contributed by atoms with Gasteiger partial charge in [-0.3, -0.25) is 4.79 Å². The third kappa shape index (κ3) is 5.41. The molecule has 0 bridgehead atoms. The molecule has 5 aromatic rings. The Morgan fingerprint density at radius 1 is 1.10 bits per heavy atom. The minimum atomic E-state index is -0.898. The van der Waals surface area contributed by atoms with E-state index in [1.54, 1.807) is 44.2 Å². The van der Waals surface area contributed by atoms with Crippen molar-refractivity contribution in [3.05, 3.63) is 87.7 Å². The van der Waals surface area contributed by atoms with Crippen LogP contribution in [0.5, 0.6) is 11.5 Å². The van der Waals surface area contributed by atoms with Gasteiger partial charge in [0.1, 0.15) is 5.58 Å². The molecule has 5 rings (SSSR count). The largest absolute Gasteiger partial charge is 0.490 e. The van der Waals surface area contributed by atoms with Gasteiger partial charge in [0.25, 0.3) is 5.56 Å². The Morgan fingerprint density at radius 2 is 1.88 bits per heavy atom. The third-order valence-corrected chi connectivity index (χ3v) is 6.25. The molecule has 9 nitrogen and oxygen atoms in total. The summed E-state index contributed by atoms with van der Waals surface area (Å²) in [5, 5.41) is 5.96. The lowest BCUT2D eigenvalue weighted by Gasteiger charge is -2.18. The second-order valence-electron chi connectivity index (χ2n) is 8.74. The molecule has 2 heterocycles. The van der Waals surface area contributed by atoms with Gasteiger partial charge in [-0.2, -0.15) is 9.78 Å². The van der Waals surface area contributed by atoms with Crippen molar-refractivity contribution in [1.29, 1.82) is 0 Å². The van der Waals surface area contributed by atoms with Crippen LogP contribution in [-0.2, 0) is 9.53 Å². The number of halogens is 1. The number of ether oxygens (including phenoxy) is 3. The molecule has 204 valence electrons. The van der Waals surface area contributed by atoms with Gasteiger partial charge in [0.15, 0.2) is 23.4 Å². The smallest absolute Gasteiger partial charge is 0.347 e. The summed E-state index contributed by atoms with van der Waals surface area (Å²) in [7, 11) is 0. The highest BCUT2D eigenvalue weighted by molar-refractivity contribution is 6.32. The summed E-state index contributed by atoms with van der Waals surface area (Å²) < 4.78 is 23.8. The van der Waals surface area contributed by atoms with Crippen LogP contribution in [0, 0.1) is 0 Å². The highest BCUT2D eigenvalue weighted by Gasteiger charge is 2.21. The van der Waals surface area contributed by atoms with Crippen LogP contribution in [0.15, 0.2) is 81.0 Å². The summed E-state index contributed by atoms with van der Waals surface area (Å²) in [6.45, 7) is 5.65. The van der Waals surface area contributed by atoms with Gasteiger partial charge in [-0.25, -0.2) is 9.78 Å². The lowest BCUT2D eigenvalue weighted by atomic mass is 10.2. The van der Waals surface area contributed by atoms with Crippen molar-refractivity contribution < 1.29 is 23.4 Å². The predicted octanol–water partition coefficient (Wildman–Crippen LogP) is 6.07. The molecule has 0 saturated heterocycles. The highest BCUT2D eigenvalue weighted by atomic mass is 35.5. The first-order chi connectivity index (χ1) is 19.4. The number of nitrogens with zero attached hydrogens (tertiary/aromatic N) is 3. The predicted molar refractivity (Wildman–Crippen MR) is 154 cm³/mol. The average Bonchev–Trinajstić information content (AvgIpc) is 3.39. The van der Waals surface area contributed by atoms with Crippen molar-refractivity contribution in [2.24, 2.45) is 5.10 Å². The molecule has 0 spiro atoms. The van der Waals surface area contributed by atoms with E-state index >= 15 is 0 Å². The van der Waals surface area contributed by atoms with E-state index in [4.69, 9.17) is 35.2 Å². The van der Waals surface area contributed by atoms with E-state index in [1.807, 2.05) is 43.3 Å². The Kier molecular flexibility index (Phi) is 7.84. The van der Waals surface area contributed by atoms with E-state index in [0.29, 0.717) is 40.2 Å². The van der Waals surface area contributed by atoms with Crippen molar-refractivity contribution in [2.75, 3.05) is 13.2 Å². The van der Waals surface area contributed by atoms with Gasteiger partial charge >= 0.3 is 5.97 Å². The lowest BCUT2D eigenvalue weighted by Crippen LogP contribution is -2.26. The minimum Gasteiger partial charge on any atom is -0.490 e. The Labute approximate surface area is 234 Å². The van der Waals surface area contributed by atoms with Crippen LogP contribution < -0.4 is 15.0 Å². The molecule has 0 saturated carbocycles. The molecule has 40 heavy (non-hydrogen) atoms. The SMILES string of the molecule is CCOC(=O)[C@@H](C)Oc1c(Cl)cc(C=Nn2c(-c3cc4ccccc4o3)nc3ccccc3c2=O)cc1OCC. The second-order valence-corrected chi connectivity index (χ2v) is 9.14. The molecule has 1 atom stereocenters. The third-order valence-electron chi connectivity index (χ3n) is 5.97. The lowest BCUT2D eigenvalue weighted by molar-refractivity contribution is -0.150. The molecule has 0 N–H and O–H groups in total. The van der Waals surface area contributed by atoms with Crippen LogP contribution in [0.2, 0.25) is 5.02 Å². The molecule has 0 unspecified atom stereocenters. The van der Waals surface area contributed by atoms with Gasteiger partial charge in [-0.1, -0.05) is 41.9 Å². The fraction of sp³-hybridized carbons (Fsp3) is 0.200. The number of esters is 1. The van der Waals surface area contributed by atoms with E-state index < -0.39 is 12.1 Å². The number of carbonyl (C=O) groups is 1. The van der Waals surface area contributed by atoms with Crippen LogP contribution in [0.4, 0.5) is 0 Å². The first kappa shape index (κ1) is 27.0. The maximum atomic E-state index is 13.5. The van der Waals surface area contributed by atoms with Gasteiger partial charge in [0, 0.05) is 5.39 Å². The summed E-state index contributed by atoms with van der Waals surface area (Å²) in [5.74, 6) is 0.636. The number of furan rings is 1. The Bertz CT molecular complexity index is 1760. The zero-order chi connectivity index (χ0) is 28.2. The molecule has 0 aliphatic heterocycles. The number of fused-ring (bicyclic) bond motifs is 2. The van der Waals surface area contributed by atoms with E-state index in [0.717, 1.165) is 5.39 Å². The maximum absolute atomic E-state index is 13.5. The summed E-state index contributed by atoms with van der Waals surface area (Å²) in [4.78, 5) is 30.3. The molecular weight excluding hydrogens is 534 g/mol. The summed E-state index contributed by atoms with van der Waals surface area (Å²) >= 11 is 6.54. The Morgan fingerprint density at radius 3 is 2.65 bits per heavy atom. The zero-order valence-corrected chi connectivity index (χ0v) is 22.8. The van der Waals surface area contributed by atoms with E-state index in [-0.39, 0.29) is 28.8 Å². The average molecular weight is 560 g/mol. The van der Waals surface area contributed by atoms with Gasteiger partial charge in [0.05, 0.1) is 35.4 Å². The quantitative estimate of drug-likeness (QED) is 0.159. The summed E-state index contributed by atoms with van der Waals surface area (Å²) in [6, 6.07) is 19.6. The van der Waals surface area contributed by atoms with Crippen molar-refractivity contribution in [1.82, 2.24) is 9.66 Å². The second kappa shape index (κ2) is 11.6. The molecule has 3 aromatic carbocycles. The Balaban J connectivity index is 1.58. The number of hydrogen-bond acceptors (Lipinski definition) is 8. The number of para-hydroxylation sites is 2. The van der Waals surface area contributed by atoms with Crippen molar-refractivity contribution in [3.63, 3.8) is 0 Å². The van der Waals surface area contributed by atoms with Gasteiger partial charge in [0.2, 0.25) is 5.82 Å². The molecule has 0 radical (unpaired) electrons. The number of aromatic nitrogens is 2. The Hall–Kier alpha value is -4.63. The van der Waals surface area contributed by atoms with Crippen LogP contribution in [0.25, 0.3) is 33.5 Å². The number of hydrogen-bond donors (Lipinski definition) is 0. The fourth-order valence-electron chi connectivity index (χ4n) is 4.13.